The quantitative estimate of drug-likeness (QED) is 0.462. The number of aryl methyl sites for hydroxylation is 1. The van der Waals surface area contributed by atoms with E-state index in [1.807, 2.05) is 13.0 Å². The lowest BCUT2D eigenvalue weighted by Gasteiger charge is -2.07. The van der Waals surface area contributed by atoms with Gasteiger partial charge in [-0.25, -0.2) is 14.4 Å². The summed E-state index contributed by atoms with van der Waals surface area (Å²) in [6.45, 7) is 4.03. The summed E-state index contributed by atoms with van der Waals surface area (Å²) in [5.41, 5.74) is 2.20. The molecule has 1 aromatic carbocycles. The van der Waals surface area contributed by atoms with Crippen LogP contribution in [0.4, 0.5) is 16.0 Å². The van der Waals surface area contributed by atoms with Gasteiger partial charge in [-0.3, -0.25) is 0 Å². The van der Waals surface area contributed by atoms with Gasteiger partial charge in [0.25, 0.3) is 0 Å². The number of rotatable bonds is 7. The van der Waals surface area contributed by atoms with Crippen LogP contribution in [-0.2, 0) is 0 Å². The molecule has 0 spiro atoms. The first-order valence-corrected chi connectivity index (χ1v) is 9.11. The minimum absolute atomic E-state index is 0.314. The Morgan fingerprint density at radius 1 is 1.28 bits per heavy atom. The maximum Gasteiger partial charge on any atom is 0.227 e. The molecule has 0 saturated heterocycles. The van der Waals surface area contributed by atoms with Gasteiger partial charge < -0.3 is 9.84 Å². The van der Waals surface area contributed by atoms with Crippen molar-refractivity contribution in [3.8, 4) is 11.3 Å². The largest absolute Gasteiger partial charge is 0.360 e. The number of benzene rings is 1. The topological polar surface area (TPSA) is 63.8 Å². The maximum atomic E-state index is 13.3. The number of nitrogens with one attached hydrogen (secondary N) is 1. The molecule has 0 aliphatic rings. The summed E-state index contributed by atoms with van der Waals surface area (Å²) in [6.07, 6.45) is 3.91. The summed E-state index contributed by atoms with van der Waals surface area (Å²) >= 11 is 1.66. The van der Waals surface area contributed by atoms with Crippen LogP contribution in [0.1, 0.15) is 25.5 Å². The Balaban J connectivity index is 1.85. The average molecular weight is 358 g/mol. The minimum atomic E-state index is -0.314. The van der Waals surface area contributed by atoms with Crippen molar-refractivity contribution in [1.82, 2.24) is 15.1 Å². The highest BCUT2D eigenvalue weighted by molar-refractivity contribution is 7.99. The zero-order valence-corrected chi connectivity index (χ0v) is 14.9. The molecule has 1 N–H and O–H groups in total. The van der Waals surface area contributed by atoms with Gasteiger partial charge in [0.1, 0.15) is 16.6 Å². The van der Waals surface area contributed by atoms with E-state index in [0.717, 1.165) is 40.6 Å². The number of anilines is 2. The summed E-state index contributed by atoms with van der Waals surface area (Å²) in [4.78, 5) is 8.74. The van der Waals surface area contributed by atoms with Gasteiger partial charge >= 0.3 is 0 Å². The van der Waals surface area contributed by atoms with E-state index >= 15 is 0 Å². The van der Waals surface area contributed by atoms with Crippen molar-refractivity contribution in [1.29, 1.82) is 0 Å². The number of halogens is 1. The molecule has 0 bridgehead atoms. The molecule has 0 atom stereocenters. The second-order valence-corrected chi connectivity index (χ2v) is 6.61. The van der Waals surface area contributed by atoms with Crippen molar-refractivity contribution in [2.45, 2.75) is 31.7 Å². The summed E-state index contributed by atoms with van der Waals surface area (Å²) in [5.74, 6) is 1.78. The number of unbranched alkanes of at least 4 members (excludes halogenated alkanes) is 1. The molecule has 2 aromatic heterocycles. The van der Waals surface area contributed by atoms with Gasteiger partial charge in [0.05, 0.1) is 11.3 Å². The second-order valence-electron chi connectivity index (χ2n) is 5.52. The lowest BCUT2D eigenvalue weighted by atomic mass is 10.2. The molecule has 130 valence electrons. The molecule has 3 rings (SSSR count). The fraction of sp³-hybridized carbons (Fsp3) is 0.278. The third-order valence-corrected chi connectivity index (χ3v) is 4.61. The van der Waals surface area contributed by atoms with E-state index in [1.54, 1.807) is 30.1 Å². The second kappa shape index (κ2) is 8.11. The van der Waals surface area contributed by atoms with E-state index in [2.05, 4.69) is 27.4 Å². The average Bonchev–Trinajstić information content (AvgIpc) is 2.96. The molecule has 0 aliphatic carbocycles. The number of thioether (sulfide) groups is 1. The number of nitrogens with zero attached hydrogens (tertiary/aromatic N) is 3. The van der Waals surface area contributed by atoms with E-state index in [-0.39, 0.29) is 5.82 Å². The van der Waals surface area contributed by atoms with Crippen LogP contribution in [0, 0.1) is 12.7 Å². The predicted octanol–water partition coefficient (Wildman–Crippen LogP) is 5.21. The van der Waals surface area contributed by atoms with Gasteiger partial charge in [-0.15, -0.1) is 11.8 Å². The van der Waals surface area contributed by atoms with Gasteiger partial charge in [-0.2, -0.15) is 0 Å². The van der Waals surface area contributed by atoms with E-state index in [4.69, 9.17) is 4.52 Å². The molecular weight excluding hydrogens is 339 g/mol. The SMILES string of the molecule is CCCCSc1noc(C)c1-c1ccnc(Nc2cccc(F)c2)n1. The molecule has 7 heteroatoms. The van der Waals surface area contributed by atoms with Gasteiger partial charge in [0.2, 0.25) is 5.95 Å². The molecule has 5 nitrogen and oxygen atoms in total. The molecule has 3 aromatic rings. The highest BCUT2D eigenvalue weighted by Gasteiger charge is 2.17. The Morgan fingerprint density at radius 2 is 2.16 bits per heavy atom. The first kappa shape index (κ1) is 17.4. The molecule has 0 amide bonds. The van der Waals surface area contributed by atoms with Gasteiger partial charge in [-0.05, 0) is 43.4 Å². The Labute approximate surface area is 150 Å². The number of aromatic nitrogens is 3. The van der Waals surface area contributed by atoms with Crippen molar-refractivity contribution in [3.05, 3.63) is 48.1 Å². The summed E-state index contributed by atoms with van der Waals surface area (Å²) in [7, 11) is 0. The van der Waals surface area contributed by atoms with Crippen LogP contribution in [0.3, 0.4) is 0 Å². The molecule has 25 heavy (non-hydrogen) atoms. The third kappa shape index (κ3) is 4.36. The first-order valence-electron chi connectivity index (χ1n) is 8.12. The minimum Gasteiger partial charge on any atom is -0.360 e. The Morgan fingerprint density at radius 3 is 2.96 bits per heavy atom. The van der Waals surface area contributed by atoms with Crippen LogP contribution in [-0.4, -0.2) is 20.9 Å². The van der Waals surface area contributed by atoms with E-state index < -0.39 is 0 Å². The molecule has 0 aliphatic heterocycles. The third-order valence-electron chi connectivity index (χ3n) is 3.56. The number of hydrogen-bond donors (Lipinski definition) is 1. The van der Waals surface area contributed by atoms with E-state index in [1.165, 1.54) is 12.1 Å². The zero-order chi connectivity index (χ0) is 17.6. The summed E-state index contributed by atoms with van der Waals surface area (Å²) in [6, 6.07) is 8.00. The van der Waals surface area contributed by atoms with Gasteiger partial charge in [-0.1, -0.05) is 24.6 Å². The lowest BCUT2D eigenvalue weighted by Crippen LogP contribution is -1.98. The summed E-state index contributed by atoms with van der Waals surface area (Å²) < 4.78 is 18.7. The number of hydrogen-bond acceptors (Lipinski definition) is 6. The van der Waals surface area contributed by atoms with E-state index in [0.29, 0.717) is 11.6 Å². The highest BCUT2D eigenvalue weighted by atomic mass is 32.2. The molecule has 0 saturated carbocycles. The maximum absolute atomic E-state index is 13.3. The zero-order valence-electron chi connectivity index (χ0n) is 14.1. The molecule has 0 radical (unpaired) electrons. The van der Waals surface area contributed by atoms with Crippen molar-refractivity contribution < 1.29 is 8.91 Å². The van der Waals surface area contributed by atoms with Gasteiger partial charge in [0, 0.05) is 11.9 Å². The van der Waals surface area contributed by atoms with Crippen molar-refractivity contribution in [2.75, 3.05) is 11.1 Å². The van der Waals surface area contributed by atoms with Crippen LogP contribution < -0.4 is 5.32 Å². The van der Waals surface area contributed by atoms with Crippen molar-refractivity contribution >= 4 is 23.4 Å². The van der Waals surface area contributed by atoms with Crippen molar-refractivity contribution in [3.63, 3.8) is 0 Å². The van der Waals surface area contributed by atoms with Crippen LogP contribution in [0.25, 0.3) is 11.3 Å². The smallest absolute Gasteiger partial charge is 0.227 e. The summed E-state index contributed by atoms with van der Waals surface area (Å²) in [5, 5.41) is 8.00. The molecule has 0 fully saturated rings. The normalized spacial score (nSPS) is 10.8. The standard InChI is InChI=1S/C18H19FN4OS/c1-3-4-10-25-17-16(12(2)24-23-17)15-8-9-20-18(22-15)21-14-7-5-6-13(19)11-14/h5-9,11H,3-4,10H2,1-2H3,(H,20,21,22). The van der Waals surface area contributed by atoms with Crippen LogP contribution in [0.5, 0.6) is 0 Å². The fourth-order valence-electron chi connectivity index (χ4n) is 2.31. The fourth-order valence-corrected chi connectivity index (χ4v) is 3.42. The van der Waals surface area contributed by atoms with Crippen molar-refractivity contribution in [2.24, 2.45) is 0 Å². The molecule has 2 heterocycles. The Kier molecular flexibility index (Phi) is 5.65. The van der Waals surface area contributed by atoms with Crippen LogP contribution in [0.2, 0.25) is 0 Å². The predicted molar refractivity (Wildman–Crippen MR) is 97.6 cm³/mol. The van der Waals surface area contributed by atoms with Crippen LogP contribution in [0.15, 0.2) is 46.1 Å². The Hall–Kier alpha value is -2.41. The van der Waals surface area contributed by atoms with Gasteiger partial charge in [0.15, 0.2) is 0 Å². The first-order chi connectivity index (χ1) is 12.2. The Bertz CT molecular complexity index is 853. The highest BCUT2D eigenvalue weighted by Crippen LogP contribution is 2.33. The molecular formula is C18H19FN4OS. The molecule has 0 unspecified atom stereocenters. The monoisotopic (exact) mass is 358 g/mol. The lowest BCUT2D eigenvalue weighted by molar-refractivity contribution is 0.384. The van der Waals surface area contributed by atoms with Crippen LogP contribution >= 0.6 is 11.8 Å². The van der Waals surface area contributed by atoms with E-state index in [9.17, 15) is 4.39 Å².